The van der Waals surface area contributed by atoms with Crippen molar-refractivity contribution in [1.29, 1.82) is 0 Å². The van der Waals surface area contributed by atoms with Gasteiger partial charge in [-0.15, -0.1) is 0 Å². The van der Waals surface area contributed by atoms with Gasteiger partial charge < -0.3 is 10.0 Å². The molecule has 2 N–H and O–H groups in total. The van der Waals surface area contributed by atoms with Gasteiger partial charge in [-0.3, -0.25) is 9.59 Å². The molecule has 0 radical (unpaired) electrons. The summed E-state index contributed by atoms with van der Waals surface area (Å²) in [6.07, 6.45) is 0.663. The summed E-state index contributed by atoms with van der Waals surface area (Å²) in [5.41, 5.74) is 0.246. The van der Waals surface area contributed by atoms with Gasteiger partial charge in [0, 0.05) is 18.2 Å². The molecule has 0 bridgehead atoms. The fourth-order valence-electron chi connectivity index (χ4n) is 1.87. The number of hydrogen-bond acceptors (Lipinski definition) is 4. The van der Waals surface area contributed by atoms with Crippen molar-refractivity contribution in [1.82, 2.24) is 9.62 Å². The number of nitrogens with one attached hydrogen (secondary N) is 1. The number of carboxylic acid groups (broad SMARTS) is 1. The van der Waals surface area contributed by atoms with Crippen LogP contribution in [0.25, 0.3) is 0 Å². The Labute approximate surface area is 136 Å². The predicted molar refractivity (Wildman–Crippen MR) is 85.7 cm³/mol. The maximum Gasteiger partial charge on any atom is 0.323 e. The Kier molecular flexibility index (Phi) is 6.71. The van der Waals surface area contributed by atoms with Gasteiger partial charge in [0.15, 0.2) is 0 Å². The van der Waals surface area contributed by atoms with Gasteiger partial charge in [0.1, 0.15) is 6.54 Å². The molecule has 23 heavy (non-hydrogen) atoms. The Morgan fingerprint density at radius 2 is 1.78 bits per heavy atom. The lowest BCUT2D eigenvalue weighted by atomic mass is 10.2. The molecule has 0 aliphatic rings. The molecule has 0 aromatic heterocycles. The highest BCUT2D eigenvalue weighted by Crippen LogP contribution is 2.13. The highest BCUT2D eigenvalue weighted by molar-refractivity contribution is 7.89. The van der Waals surface area contributed by atoms with Crippen LogP contribution in [0.1, 0.15) is 37.6 Å². The van der Waals surface area contributed by atoms with Crippen molar-refractivity contribution in [2.45, 2.75) is 38.1 Å². The van der Waals surface area contributed by atoms with Crippen molar-refractivity contribution in [3.8, 4) is 0 Å². The minimum absolute atomic E-state index is 0.0654. The van der Waals surface area contributed by atoms with Gasteiger partial charge >= 0.3 is 5.97 Å². The molecule has 1 rings (SSSR count). The number of amides is 1. The average molecular weight is 342 g/mol. The fraction of sp³-hybridized carbons (Fsp3) is 0.467. The number of rotatable bonds is 8. The molecule has 7 nitrogen and oxygen atoms in total. The lowest BCUT2D eigenvalue weighted by molar-refractivity contribution is -0.137. The largest absolute Gasteiger partial charge is 0.480 e. The summed E-state index contributed by atoms with van der Waals surface area (Å²) in [6.45, 7) is 5.17. The van der Waals surface area contributed by atoms with Crippen LogP contribution in [0.2, 0.25) is 0 Å². The lowest BCUT2D eigenvalue weighted by Crippen LogP contribution is -2.35. The zero-order valence-corrected chi connectivity index (χ0v) is 14.3. The molecule has 1 atom stereocenters. The van der Waals surface area contributed by atoms with Crippen molar-refractivity contribution in [3.63, 3.8) is 0 Å². The van der Waals surface area contributed by atoms with E-state index in [2.05, 4.69) is 4.72 Å². The topological polar surface area (TPSA) is 104 Å². The Morgan fingerprint density at radius 3 is 2.22 bits per heavy atom. The molecule has 1 unspecified atom stereocenters. The third-order valence-corrected chi connectivity index (χ3v) is 4.98. The highest BCUT2D eigenvalue weighted by atomic mass is 32.2. The number of hydrogen-bond donors (Lipinski definition) is 2. The number of nitrogens with zero attached hydrogens (tertiary/aromatic N) is 1. The average Bonchev–Trinajstić information content (AvgIpc) is 2.51. The van der Waals surface area contributed by atoms with Crippen molar-refractivity contribution < 1.29 is 23.1 Å². The molecule has 128 valence electrons. The van der Waals surface area contributed by atoms with Crippen LogP contribution in [0.15, 0.2) is 29.2 Å². The van der Waals surface area contributed by atoms with Gasteiger partial charge in [0.05, 0.1) is 4.90 Å². The Morgan fingerprint density at radius 1 is 1.22 bits per heavy atom. The van der Waals surface area contributed by atoms with Crippen molar-refractivity contribution in [3.05, 3.63) is 29.8 Å². The van der Waals surface area contributed by atoms with E-state index in [0.717, 1.165) is 0 Å². The van der Waals surface area contributed by atoms with E-state index >= 15 is 0 Å². The Balaban J connectivity index is 2.95. The van der Waals surface area contributed by atoms with E-state index < -0.39 is 28.4 Å². The van der Waals surface area contributed by atoms with Gasteiger partial charge in [-0.1, -0.05) is 6.92 Å². The molecule has 0 heterocycles. The minimum atomic E-state index is -3.63. The lowest BCUT2D eigenvalue weighted by Gasteiger charge is -2.18. The number of likely N-dealkylation sites (N-methyl/N-ethyl adjacent to an activating group) is 1. The maximum atomic E-state index is 12.2. The van der Waals surface area contributed by atoms with E-state index in [1.165, 1.54) is 29.2 Å². The normalized spacial score (nSPS) is 12.7. The van der Waals surface area contributed by atoms with E-state index in [1.807, 2.05) is 6.92 Å². The zero-order valence-electron chi connectivity index (χ0n) is 13.4. The molecule has 1 aromatic rings. The fourth-order valence-corrected chi connectivity index (χ4v) is 3.19. The third kappa shape index (κ3) is 5.33. The van der Waals surface area contributed by atoms with Gasteiger partial charge in [-0.05, 0) is 44.5 Å². The third-order valence-electron chi connectivity index (χ3n) is 3.38. The molecule has 0 saturated heterocycles. The first-order valence-electron chi connectivity index (χ1n) is 7.34. The SMILES string of the molecule is CCC(C)NS(=O)(=O)c1ccc(C(=O)N(CC)CC(=O)O)cc1. The second kappa shape index (κ2) is 8.07. The summed E-state index contributed by atoms with van der Waals surface area (Å²) < 4.78 is 26.8. The number of sulfonamides is 1. The number of benzene rings is 1. The number of aliphatic carboxylic acids is 1. The smallest absolute Gasteiger partial charge is 0.323 e. The van der Waals surface area contributed by atoms with Crippen LogP contribution >= 0.6 is 0 Å². The first-order valence-corrected chi connectivity index (χ1v) is 8.83. The summed E-state index contributed by atoms with van der Waals surface area (Å²) >= 11 is 0. The summed E-state index contributed by atoms with van der Waals surface area (Å²) in [5, 5.41) is 8.79. The van der Waals surface area contributed by atoms with E-state index in [4.69, 9.17) is 5.11 Å². The molecule has 8 heteroatoms. The Bertz CT molecular complexity index is 655. The molecule has 1 aromatic carbocycles. The number of carbonyl (C=O) groups excluding carboxylic acids is 1. The molecule has 0 aliphatic heterocycles. The molecule has 0 aliphatic carbocycles. The second-order valence-electron chi connectivity index (χ2n) is 5.17. The van der Waals surface area contributed by atoms with E-state index in [1.54, 1.807) is 13.8 Å². The van der Waals surface area contributed by atoms with Crippen LogP contribution in [0.3, 0.4) is 0 Å². The number of carboxylic acids is 1. The van der Waals surface area contributed by atoms with Crippen LogP contribution in [0, 0.1) is 0 Å². The standard InChI is InChI=1S/C15H22N2O5S/c1-4-11(3)16-23(21,22)13-8-6-12(7-9-13)15(20)17(5-2)10-14(18)19/h6-9,11,16H,4-5,10H2,1-3H3,(H,18,19). The summed E-state index contributed by atoms with van der Waals surface area (Å²) in [6, 6.07) is 5.27. The zero-order chi connectivity index (χ0) is 17.6. The first kappa shape index (κ1) is 19.1. The van der Waals surface area contributed by atoms with Crippen LogP contribution in [0.4, 0.5) is 0 Å². The minimum Gasteiger partial charge on any atom is -0.480 e. The van der Waals surface area contributed by atoms with Crippen molar-refractivity contribution in [2.24, 2.45) is 0 Å². The van der Waals surface area contributed by atoms with Crippen LogP contribution in [-0.4, -0.2) is 49.4 Å². The van der Waals surface area contributed by atoms with Gasteiger partial charge in [0.2, 0.25) is 10.0 Å². The van der Waals surface area contributed by atoms with E-state index in [0.29, 0.717) is 6.42 Å². The van der Waals surface area contributed by atoms with Crippen LogP contribution in [0.5, 0.6) is 0 Å². The van der Waals surface area contributed by atoms with E-state index in [-0.39, 0.29) is 23.0 Å². The summed E-state index contributed by atoms with van der Waals surface area (Å²) in [7, 11) is -3.63. The van der Waals surface area contributed by atoms with Crippen molar-refractivity contribution >= 4 is 21.9 Å². The second-order valence-corrected chi connectivity index (χ2v) is 6.88. The van der Waals surface area contributed by atoms with Crippen molar-refractivity contribution in [2.75, 3.05) is 13.1 Å². The monoisotopic (exact) mass is 342 g/mol. The van der Waals surface area contributed by atoms with Crippen LogP contribution in [-0.2, 0) is 14.8 Å². The predicted octanol–water partition coefficient (Wildman–Crippen LogP) is 1.31. The highest BCUT2D eigenvalue weighted by Gasteiger charge is 2.19. The molecule has 0 saturated carbocycles. The molecule has 0 fully saturated rings. The first-order chi connectivity index (χ1) is 10.7. The molecular weight excluding hydrogens is 320 g/mol. The Hall–Kier alpha value is -1.93. The number of carbonyl (C=O) groups is 2. The summed E-state index contributed by atoms with van der Waals surface area (Å²) in [5.74, 6) is -1.55. The molecule has 1 amide bonds. The quantitative estimate of drug-likeness (QED) is 0.741. The van der Waals surface area contributed by atoms with Gasteiger partial charge in [-0.2, -0.15) is 0 Å². The van der Waals surface area contributed by atoms with E-state index in [9.17, 15) is 18.0 Å². The van der Waals surface area contributed by atoms with Crippen LogP contribution < -0.4 is 4.72 Å². The summed E-state index contributed by atoms with van der Waals surface area (Å²) in [4.78, 5) is 24.2. The molecular formula is C15H22N2O5S. The molecule has 0 spiro atoms. The van der Waals surface area contributed by atoms with Gasteiger partial charge in [-0.25, -0.2) is 13.1 Å². The van der Waals surface area contributed by atoms with Gasteiger partial charge in [0.25, 0.3) is 5.91 Å². The maximum absolute atomic E-state index is 12.2.